The van der Waals surface area contributed by atoms with E-state index in [1.807, 2.05) is 0 Å². The third kappa shape index (κ3) is 7.45. The molecule has 1 aliphatic heterocycles. The van der Waals surface area contributed by atoms with Gasteiger partial charge in [-0.15, -0.1) is 0 Å². The van der Waals surface area contributed by atoms with Gasteiger partial charge in [-0.05, 0) is 27.7 Å². The summed E-state index contributed by atoms with van der Waals surface area (Å²) < 4.78 is 14.8. The maximum Gasteiger partial charge on any atom is 0.348 e. The fraction of sp³-hybridized carbons (Fsp3) is 0.667. The SMILES string of the molecule is CC(=O)O[C@@H](CC(=O)CN1C(=O)CCC1=O)C(=O)O[C@@H](C)C(=O)OC(C)(C)C. The van der Waals surface area contributed by atoms with E-state index < -0.39 is 66.3 Å². The third-order valence-electron chi connectivity index (χ3n) is 3.51. The van der Waals surface area contributed by atoms with Crippen LogP contribution in [-0.4, -0.2) is 64.8 Å². The van der Waals surface area contributed by atoms with Gasteiger partial charge in [-0.3, -0.25) is 24.1 Å². The zero-order valence-electron chi connectivity index (χ0n) is 16.6. The first kappa shape index (κ1) is 23.3. The lowest BCUT2D eigenvalue weighted by molar-refractivity contribution is -0.182. The van der Waals surface area contributed by atoms with Gasteiger partial charge in [-0.1, -0.05) is 0 Å². The molecule has 10 nitrogen and oxygen atoms in total. The second kappa shape index (κ2) is 9.43. The van der Waals surface area contributed by atoms with Crippen molar-refractivity contribution in [2.75, 3.05) is 6.54 Å². The number of imide groups is 1. The molecule has 0 unspecified atom stereocenters. The van der Waals surface area contributed by atoms with Crippen molar-refractivity contribution in [2.24, 2.45) is 0 Å². The molecule has 1 heterocycles. The van der Waals surface area contributed by atoms with E-state index in [0.29, 0.717) is 0 Å². The largest absolute Gasteiger partial charge is 0.457 e. The molecule has 1 aliphatic rings. The fourth-order valence-corrected chi connectivity index (χ4v) is 2.30. The molecule has 10 heteroatoms. The van der Waals surface area contributed by atoms with E-state index in [0.717, 1.165) is 11.8 Å². The average Bonchev–Trinajstić information content (AvgIpc) is 2.84. The van der Waals surface area contributed by atoms with Crippen molar-refractivity contribution >= 4 is 35.5 Å². The van der Waals surface area contributed by atoms with E-state index in [2.05, 4.69) is 0 Å². The smallest absolute Gasteiger partial charge is 0.348 e. The van der Waals surface area contributed by atoms with Crippen molar-refractivity contribution in [3.8, 4) is 0 Å². The van der Waals surface area contributed by atoms with Crippen LogP contribution in [0.4, 0.5) is 0 Å². The molecule has 28 heavy (non-hydrogen) atoms. The van der Waals surface area contributed by atoms with Crippen LogP contribution in [0.3, 0.4) is 0 Å². The number of hydrogen-bond donors (Lipinski definition) is 0. The summed E-state index contributed by atoms with van der Waals surface area (Å²) in [5.41, 5.74) is -0.794. The molecule has 0 spiro atoms. The minimum atomic E-state index is -1.61. The highest BCUT2D eigenvalue weighted by molar-refractivity contribution is 6.05. The van der Waals surface area contributed by atoms with E-state index in [9.17, 15) is 28.8 Å². The maximum absolute atomic E-state index is 12.3. The number of ether oxygens (including phenoxy) is 3. The molecule has 1 fully saturated rings. The monoisotopic (exact) mass is 399 g/mol. The number of rotatable bonds is 8. The van der Waals surface area contributed by atoms with Crippen LogP contribution in [0.2, 0.25) is 0 Å². The predicted octanol–water partition coefficient (Wildman–Crippen LogP) is 0.300. The predicted molar refractivity (Wildman–Crippen MR) is 92.5 cm³/mol. The second-order valence-electron chi connectivity index (χ2n) is 7.33. The summed E-state index contributed by atoms with van der Waals surface area (Å²) in [6, 6.07) is 0. The number of amides is 2. The molecular weight excluding hydrogens is 374 g/mol. The van der Waals surface area contributed by atoms with Gasteiger partial charge in [-0.2, -0.15) is 0 Å². The number of hydrogen-bond acceptors (Lipinski definition) is 9. The first-order valence-corrected chi connectivity index (χ1v) is 8.75. The van der Waals surface area contributed by atoms with Gasteiger partial charge in [0.1, 0.15) is 5.60 Å². The normalized spacial score (nSPS) is 16.4. The highest BCUT2D eigenvalue weighted by atomic mass is 16.6. The molecule has 0 aromatic rings. The van der Waals surface area contributed by atoms with Crippen LogP contribution >= 0.6 is 0 Å². The minimum Gasteiger partial charge on any atom is -0.457 e. The van der Waals surface area contributed by atoms with E-state index >= 15 is 0 Å². The number of ketones is 1. The summed E-state index contributed by atoms with van der Waals surface area (Å²) in [7, 11) is 0. The van der Waals surface area contributed by atoms with Crippen molar-refractivity contribution in [2.45, 2.75) is 71.7 Å². The van der Waals surface area contributed by atoms with Crippen LogP contribution in [-0.2, 0) is 43.0 Å². The molecular formula is C18H25NO9. The molecule has 1 rings (SSSR count). The van der Waals surface area contributed by atoms with Crippen LogP contribution in [0.25, 0.3) is 0 Å². The molecule has 1 saturated heterocycles. The summed E-state index contributed by atoms with van der Waals surface area (Å²) in [5.74, 6) is -4.39. The molecule has 0 aromatic heterocycles. The lowest BCUT2D eigenvalue weighted by Crippen LogP contribution is -2.40. The van der Waals surface area contributed by atoms with Gasteiger partial charge in [0.15, 0.2) is 11.9 Å². The Morgan fingerprint density at radius 3 is 2.00 bits per heavy atom. The highest BCUT2D eigenvalue weighted by Crippen LogP contribution is 2.14. The fourth-order valence-electron chi connectivity index (χ4n) is 2.30. The number of esters is 3. The first-order chi connectivity index (χ1) is 12.8. The van der Waals surface area contributed by atoms with Crippen LogP contribution < -0.4 is 0 Å². The Morgan fingerprint density at radius 2 is 1.54 bits per heavy atom. The Morgan fingerprint density at radius 1 is 1.00 bits per heavy atom. The molecule has 0 aliphatic carbocycles. The zero-order valence-corrected chi connectivity index (χ0v) is 16.6. The number of Topliss-reactive ketones (excluding diaryl/α,β-unsaturated/α-hetero) is 1. The van der Waals surface area contributed by atoms with Gasteiger partial charge in [0, 0.05) is 19.8 Å². The van der Waals surface area contributed by atoms with Gasteiger partial charge in [-0.25, -0.2) is 9.59 Å². The molecule has 0 saturated carbocycles. The van der Waals surface area contributed by atoms with Gasteiger partial charge in [0.25, 0.3) is 0 Å². The number of likely N-dealkylation sites (tertiary alicyclic amines) is 1. The van der Waals surface area contributed by atoms with Gasteiger partial charge in [0.2, 0.25) is 17.9 Å². The van der Waals surface area contributed by atoms with E-state index in [-0.39, 0.29) is 12.8 Å². The average molecular weight is 399 g/mol. The molecule has 0 N–H and O–H groups in total. The summed E-state index contributed by atoms with van der Waals surface area (Å²) in [6.07, 6.45) is -3.45. The minimum absolute atomic E-state index is 0.0228. The lowest BCUT2D eigenvalue weighted by Gasteiger charge is -2.23. The topological polar surface area (TPSA) is 133 Å². The Hall–Kier alpha value is -2.78. The zero-order chi connectivity index (χ0) is 21.6. The molecule has 0 radical (unpaired) electrons. The number of carbonyl (C=O) groups excluding carboxylic acids is 6. The van der Waals surface area contributed by atoms with Crippen LogP contribution in [0, 0.1) is 0 Å². The summed E-state index contributed by atoms with van der Waals surface area (Å²) in [5, 5.41) is 0. The quantitative estimate of drug-likeness (QED) is 0.321. The Balaban J connectivity index is 2.72. The highest BCUT2D eigenvalue weighted by Gasteiger charge is 2.34. The lowest BCUT2D eigenvalue weighted by atomic mass is 10.1. The Bertz CT molecular complexity index is 661. The molecule has 2 amide bonds. The van der Waals surface area contributed by atoms with Crippen molar-refractivity contribution in [1.29, 1.82) is 0 Å². The molecule has 156 valence electrons. The maximum atomic E-state index is 12.3. The van der Waals surface area contributed by atoms with Gasteiger partial charge in [0.05, 0.1) is 13.0 Å². The second-order valence-corrected chi connectivity index (χ2v) is 7.33. The van der Waals surface area contributed by atoms with E-state index in [1.54, 1.807) is 20.8 Å². The van der Waals surface area contributed by atoms with Gasteiger partial charge < -0.3 is 14.2 Å². The van der Waals surface area contributed by atoms with Crippen molar-refractivity contribution in [3.05, 3.63) is 0 Å². The molecule has 0 bridgehead atoms. The summed E-state index contributed by atoms with van der Waals surface area (Å²) in [6.45, 7) is 6.71. The van der Waals surface area contributed by atoms with E-state index in [4.69, 9.17) is 14.2 Å². The standard InChI is InChI=1S/C18H25NO9/c1-10(16(24)28-18(3,4)5)26-17(25)13(27-11(2)20)8-12(21)9-19-14(22)6-7-15(19)23/h10,13H,6-9H2,1-5H3/t10-,13-/m0/s1. The van der Waals surface area contributed by atoms with E-state index in [1.165, 1.54) is 6.92 Å². The van der Waals surface area contributed by atoms with Crippen LogP contribution in [0.5, 0.6) is 0 Å². The van der Waals surface area contributed by atoms with Crippen molar-refractivity contribution < 1.29 is 43.0 Å². The Labute approximate surface area is 162 Å². The number of carbonyl (C=O) groups is 6. The molecule has 2 atom stereocenters. The summed E-state index contributed by atoms with van der Waals surface area (Å²) in [4.78, 5) is 71.5. The summed E-state index contributed by atoms with van der Waals surface area (Å²) >= 11 is 0. The first-order valence-electron chi connectivity index (χ1n) is 8.75. The van der Waals surface area contributed by atoms with Crippen molar-refractivity contribution in [1.82, 2.24) is 4.90 Å². The third-order valence-corrected chi connectivity index (χ3v) is 3.51. The van der Waals surface area contributed by atoms with Gasteiger partial charge >= 0.3 is 17.9 Å². The number of nitrogens with zero attached hydrogens (tertiary/aromatic N) is 1. The molecule has 0 aromatic carbocycles. The Kier molecular flexibility index (Phi) is 7.83. The van der Waals surface area contributed by atoms with Crippen LogP contribution in [0.1, 0.15) is 53.9 Å². The van der Waals surface area contributed by atoms with Crippen molar-refractivity contribution in [3.63, 3.8) is 0 Å². The van der Waals surface area contributed by atoms with Crippen LogP contribution in [0.15, 0.2) is 0 Å².